The van der Waals surface area contributed by atoms with E-state index in [1.54, 1.807) is 13.8 Å². The van der Waals surface area contributed by atoms with Gasteiger partial charge in [0.05, 0.1) is 11.1 Å². The molecule has 4 nitrogen and oxygen atoms in total. The van der Waals surface area contributed by atoms with Gasteiger partial charge in [-0.3, -0.25) is 0 Å². The highest BCUT2D eigenvalue weighted by molar-refractivity contribution is 5.58. The first-order valence-electron chi connectivity index (χ1n) is 6.18. The zero-order chi connectivity index (χ0) is 15.8. The summed E-state index contributed by atoms with van der Waals surface area (Å²) < 4.78 is 53.8. The van der Waals surface area contributed by atoms with Crippen molar-refractivity contribution in [2.75, 3.05) is 0 Å². The average Bonchev–Trinajstić information content (AvgIpc) is 2.81. The summed E-state index contributed by atoms with van der Waals surface area (Å²) in [5.74, 6) is -1.28. The highest BCUT2D eigenvalue weighted by atomic mass is 19.4. The summed E-state index contributed by atoms with van der Waals surface area (Å²) in [6, 6.07) is 2.74. The van der Waals surface area contributed by atoms with Crippen LogP contribution in [0.5, 0.6) is 0 Å². The predicted octanol–water partition coefficient (Wildman–Crippen LogP) is 3.18. The Hall–Kier alpha value is -1.96. The van der Waals surface area contributed by atoms with E-state index in [1.807, 2.05) is 0 Å². The maximum absolute atomic E-state index is 14.1. The summed E-state index contributed by atoms with van der Waals surface area (Å²) in [6.07, 6.45) is -4.79. The van der Waals surface area contributed by atoms with E-state index < -0.39 is 24.2 Å². The van der Waals surface area contributed by atoms with Gasteiger partial charge < -0.3 is 9.67 Å². The molecule has 8 heteroatoms. The van der Waals surface area contributed by atoms with E-state index in [0.29, 0.717) is 6.07 Å². The quantitative estimate of drug-likeness (QED) is 0.886. The van der Waals surface area contributed by atoms with Crippen molar-refractivity contribution in [2.45, 2.75) is 32.7 Å². The maximum atomic E-state index is 14.1. The number of halogens is 4. The summed E-state index contributed by atoms with van der Waals surface area (Å²) in [5, 5.41) is 16.6. The molecule has 0 fully saturated rings. The van der Waals surface area contributed by atoms with Crippen LogP contribution in [0.25, 0.3) is 11.4 Å². The van der Waals surface area contributed by atoms with Crippen LogP contribution in [0.3, 0.4) is 0 Å². The third-order valence-electron chi connectivity index (χ3n) is 2.97. The van der Waals surface area contributed by atoms with Crippen LogP contribution in [0.1, 0.15) is 31.3 Å². The SMILES string of the molecule is CC(C)n1c(CO)nnc1-c1cccc(C(F)(F)F)c1F. The second-order valence-electron chi connectivity index (χ2n) is 4.73. The first kappa shape index (κ1) is 15.4. The monoisotopic (exact) mass is 303 g/mol. The lowest BCUT2D eigenvalue weighted by atomic mass is 10.1. The van der Waals surface area contributed by atoms with Gasteiger partial charge in [0, 0.05) is 6.04 Å². The molecule has 0 aliphatic rings. The minimum Gasteiger partial charge on any atom is -0.388 e. The predicted molar refractivity (Wildman–Crippen MR) is 66.7 cm³/mol. The molecule has 0 aliphatic carbocycles. The van der Waals surface area contributed by atoms with Crippen molar-refractivity contribution < 1.29 is 22.7 Å². The first-order chi connectivity index (χ1) is 9.77. The molecule has 2 aromatic rings. The first-order valence-corrected chi connectivity index (χ1v) is 6.18. The maximum Gasteiger partial charge on any atom is 0.419 e. The van der Waals surface area contributed by atoms with E-state index in [2.05, 4.69) is 10.2 Å². The second-order valence-corrected chi connectivity index (χ2v) is 4.73. The molecule has 0 amide bonds. The van der Waals surface area contributed by atoms with Crippen molar-refractivity contribution in [2.24, 2.45) is 0 Å². The fourth-order valence-corrected chi connectivity index (χ4v) is 2.08. The summed E-state index contributed by atoms with van der Waals surface area (Å²) in [4.78, 5) is 0. The third-order valence-corrected chi connectivity index (χ3v) is 2.97. The number of rotatable bonds is 3. The summed E-state index contributed by atoms with van der Waals surface area (Å²) in [5.41, 5.74) is -1.66. The zero-order valence-corrected chi connectivity index (χ0v) is 11.3. The summed E-state index contributed by atoms with van der Waals surface area (Å²) in [7, 11) is 0. The van der Waals surface area contributed by atoms with E-state index in [4.69, 9.17) is 0 Å². The Labute approximate surface area is 118 Å². The highest BCUT2D eigenvalue weighted by Gasteiger charge is 2.35. The van der Waals surface area contributed by atoms with Crippen molar-refractivity contribution in [3.63, 3.8) is 0 Å². The zero-order valence-electron chi connectivity index (χ0n) is 11.3. The molecule has 0 bridgehead atoms. The lowest BCUT2D eigenvalue weighted by Gasteiger charge is -2.15. The van der Waals surface area contributed by atoms with Crippen LogP contribution in [0, 0.1) is 5.82 Å². The smallest absolute Gasteiger partial charge is 0.388 e. The van der Waals surface area contributed by atoms with Crippen LogP contribution in [-0.2, 0) is 12.8 Å². The number of hydrogen-bond donors (Lipinski definition) is 1. The molecule has 0 spiro atoms. The Bertz CT molecular complexity index is 649. The molecular formula is C13H13F4N3O. The Morgan fingerprint density at radius 1 is 1.24 bits per heavy atom. The number of aliphatic hydroxyl groups is 1. The fourth-order valence-electron chi connectivity index (χ4n) is 2.08. The minimum atomic E-state index is -4.79. The molecule has 0 radical (unpaired) electrons. The standard InChI is InChI=1S/C13H13F4N3O/c1-7(2)20-10(6-21)18-19-12(20)8-4-3-5-9(11(8)14)13(15,16)17/h3-5,7,21H,6H2,1-2H3. The van der Waals surface area contributed by atoms with Crippen LogP contribution in [-0.4, -0.2) is 19.9 Å². The van der Waals surface area contributed by atoms with Gasteiger partial charge in [-0.1, -0.05) is 6.07 Å². The number of nitrogens with zero attached hydrogens (tertiary/aromatic N) is 3. The molecule has 114 valence electrons. The van der Waals surface area contributed by atoms with E-state index in [-0.39, 0.29) is 23.3 Å². The molecule has 1 aromatic heterocycles. The number of aliphatic hydroxyl groups excluding tert-OH is 1. The average molecular weight is 303 g/mol. The molecule has 0 unspecified atom stereocenters. The van der Waals surface area contributed by atoms with E-state index >= 15 is 0 Å². The van der Waals surface area contributed by atoms with E-state index in [1.165, 1.54) is 10.6 Å². The normalized spacial score (nSPS) is 12.2. The lowest BCUT2D eigenvalue weighted by molar-refractivity contribution is -0.139. The molecule has 0 saturated heterocycles. The van der Waals surface area contributed by atoms with Crippen LogP contribution >= 0.6 is 0 Å². The molecule has 0 saturated carbocycles. The van der Waals surface area contributed by atoms with Crippen molar-refractivity contribution in [3.05, 3.63) is 35.4 Å². The van der Waals surface area contributed by atoms with Crippen molar-refractivity contribution in [1.82, 2.24) is 14.8 Å². The van der Waals surface area contributed by atoms with Crippen LogP contribution in [0.15, 0.2) is 18.2 Å². The van der Waals surface area contributed by atoms with Crippen LogP contribution in [0.4, 0.5) is 17.6 Å². The Morgan fingerprint density at radius 3 is 2.43 bits per heavy atom. The van der Waals surface area contributed by atoms with E-state index in [0.717, 1.165) is 6.07 Å². The minimum absolute atomic E-state index is 0.0438. The van der Waals surface area contributed by atoms with Crippen LogP contribution in [0.2, 0.25) is 0 Å². The Balaban J connectivity index is 2.66. The number of alkyl halides is 3. The number of benzene rings is 1. The molecule has 1 N–H and O–H groups in total. The molecule has 2 rings (SSSR count). The number of hydrogen-bond acceptors (Lipinski definition) is 3. The molecule has 1 aromatic carbocycles. The highest BCUT2D eigenvalue weighted by Crippen LogP contribution is 2.35. The van der Waals surface area contributed by atoms with Crippen molar-refractivity contribution in [1.29, 1.82) is 0 Å². The van der Waals surface area contributed by atoms with Gasteiger partial charge in [-0.25, -0.2) is 4.39 Å². The molecular weight excluding hydrogens is 290 g/mol. The van der Waals surface area contributed by atoms with Gasteiger partial charge in [-0.2, -0.15) is 13.2 Å². The van der Waals surface area contributed by atoms with Crippen LogP contribution < -0.4 is 0 Å². The lowest BCUT2D eigenvalue weighted by Crippen LogP contribution is -2.12. The molecule has 1 heterocycles. The van der Waals surface area contributed by atoms with Gasteiger partial charge in [-0.15, -0.1) is 10.2 Å². The van der Waals surface area contributed by atoms with Crippen molar-refractivity contribution in [3.8, 4) is 11.4 Å². The van der Waals surface area contributed by atoms with Gasteiger partial charge in [0.15, 0.2) is 11.6 Å². The molecule has 0 aliphatic heterocycles. The van der Waals surface area contributed by atoms with Gasteiger partial charge in [0.1, 0.15) is 12.4 Å². The molecule has 0 atom stereocenters. The van der Waals surface area contributed by atoms with Gasteiger partial charge in [-0.05, 0) is 26.0 Å². The van der Waals surface area contributed by atoms with E-state index in [9.17, 15) is 22.7 Å². The van der Waals surface area contributed by atoms with Crippen molar-refractivity contribution >= 4 is 0 Å². The number of aromatic nitrogens is 3. The van der Waals surface area contributed by atoms with Gasteiger partial charge in [0.2, 0.25) is 0 Å². The fraction of sp³-hybridized carbons (Fsp3) is 0.385. The third kappa shape index (κ3) is 2.76. The van der Waals surface area contributed by atoms with Gasteiger partial charge >= 0.3 is 6.18 Å². The topological polar surface area (TPSA) is 50.9 Å². The van der Waals surface area contributed by atoms with Gasteiger partial charge in [0.25, 0.3) is 0 Å². The summed E-state index contributed by atoms with van der Waals surface area (Å²) in [6.45, 7) is 3.03. The Morgan fingerprint density at radius 2 is 1.90 bits per heavy atom. The molecule has 21 heavy (non-hydrogen) atoms. The largest absolute Gasteiger partial charge is 0.419 e. The summed E-state index contributed by atoms with van der Waals surface area (Å²) >= 11 is 0. The Kier molecular flexibility index (Phi) is 3.99. The second kappa shape index (κ2) is 5.44.